The van der Waals surface area contributed by atoms with Gasteiger partial charge in [-0.15, -0.1) is 0 Å². The van der Waals surface area contributed by atoms with Gasteiger partial charge in [0.25, 0.3) is 0 Å². The van der Waals surface area contributed by atoms with Gasteiger partial charge in [0, 0.05) is 11.8 Å². The minimum atomic E-state index is -0.214. The summed E-state index contributed by atoms with van der Waals surface area (Å²) in [5.74, 6) is 0.651. The number of ether oxygens (including phenoxy) is 1. The Bertz CT molecular complexity index is 1110. The number of anilines is 1. The number of carbonyl (C=O) groups excluding carboxylic acids is 1. The van der Waals surface area contributed by atoms with E-state index in [4.69, 9.17) is 9.26 Å². The standard InChI is InChI=1S/C22H18N4O3/c1-28-18-10-6-5-9-16(18)21-20(17-11-12-23-14-24-17)22(29-26-21)25-19(27)13-15-7-3-2-4-8-15/h2-12,14H,13H2,1H3,(H,25,27). The maximum Gasteiger partial charge on any atom is 0.241 e. The van der Waals surface area contributed by atoms with Crippen molar-refractivity contribution in [2.24, 2.45) is 0 Å². The Kier molecular flexibility index (Phi) is 5.29. The van der Waals surface area contributed by atoms with E-state index in [1.165, 1.54) is 6.33 Å². The van der Waals surface area contributed by atoms with Gasteiger partial charge in [-0.2, -0.15) is 0 Å². The second-order valence-corrected chi connectivity index (χ2v) is 6.24. The highest BCUT2D eigenvalue weighted by Crippen LogP contribution is 2.40. The van der Waals surface area contributed by atoms with Crippen LogP contribution in [-0.2, 0) is 11.2 Å². The molecular weight excluding hydrogens is 368 g/mol. The van der Waals surface area contributed by atoms with E-state index in [-0.39, 0.29) is 18.2 Å². The largest absolute Gasteiger partial charge is 0.496 e. The fourth-order valence-electron chi connectivity index (χ4n) is 3.03. The number of methoxy groups -OCH3 is 1. The molecule has 7 nitrogen and oxygen atoms in total. The molecule has 1 amide bonds. The first kappa shape index (κ1) is 18.4. The van der Waals surface area contributed by atoms with Crippen molar-refractivity contribution in [2.75, 3.05) is 12.4 Å². The molecule has 2 aromatic carbocycles. The molecule has 144 valence electrons. The highest BCUT2D eigenvalue weighted by molar-refractivity contribution is 5.97. The first-order chi connectivity index (χ1) is 14.3. The number of rotatable bonds is 6. The van der Waals surface area contributed by atoms with Crippen molar-refractivity contribution in [3.8, 4) is 28.3 Å². The van der Waals surface area contributed by atoms with Crippen LogP contribution in [0.3, 0.4) is 0 Å². The van der Waals surface area contributed by atoms with E-state index < -0.39 is 0 Å². The molecule has 0 aliphatic carbocycles. The molecule has 0 fully saturated rings. The van der Waals surface area contributed by atoms with E-state index >= 15 is 0 Å². The zero-order valence-electron chi connectivity index (χ0n) is 15.7. The van der Waals surface area contributed by atoms with Crippen LogP contribution in [0.1, 0.15) is 5.56 Å². The van der Waals surface area contributed by atoms with Crippen molar-refractivity contribution in [3.05, 3.63) is 78.8 Å². The summed E-state index contributed by atoms with van der Waals surface area (Å²) >= 11 is 0. The average Bonchev–Trinajstić information content (AvgIpc) is 3.18. The number of nitrogens with zero attached hydrogens (tertiary/aromatic N) is 3. The number of benzene rings is 2. The SMILES string of the molecule is COc1ccccc1-c1noc(NC(=O)Cc2ccccc2)c1-c1ccncn1. The fraction of sp³-hybridized carbons (Fsp3) is 0.0909. The van der Waals surface area contributed by atoms with E-state index in [0.717, 1.165) is 11.1 Å². The summed E-state index contributed by atoms with van der Waals surface area (Å²) < 4.78 is 11.0. The number of hydrogen-bond donors (Lipinski definition) is 1. The normalized spacial score (nSPS) is 10.5. The Morgan fingerprint density at radius 1 is 1.07 bits per heavy atom. The van der Waals surface area contributed by atoms with Gasteiger partial charge in [-0.25, -0.2) is 9.97 Å². The minimum Gasteiger partial charge on any atom is -0.496 e. The van der Waals surface area contributed by atoms with Crippen LogP contribution in [0, 0.1) is 0 Å². The van der Waals surface area contributed by atoms with Crippen LogP contribution in [0.25, 0.3) is 22.5 Å². The maximum absolute atomic E-state index is 12.6. The molecule has 7 heteroatoms. The van der Waals surface area contributed by atoms with Crippen LogP contribution in [0.5, 0.6) is 5.75 Å². The molecule has 0 unspecified atom stereocenters. The van der Waals surface area contributed by atoms with Crippen molar-refractivity contribution in [2.45, 2.75) is 6.42 Å². The molecule has 29 heavy (non-hydrogen) atoms. The molecule has 0 spiro atoms. The quantitative estimate of drug-likeness (QED) is 0.539. The van der Waals surface area contributed by atoms with Crippen molar-refractivity contribution in [1.29, 1.82) is 0 Å². The Hall–Kier alpha value is -4.00. The van der Waals surface area contributed by atoms with E-state index in [1.54, 1.807) is 19.4 Å². The molecule has 1 N–H and O–H groups in total. The lowest BCUT2D eigenvalue weighted by molar-refractivity contribution is -0.115. The van der Waals surface area contributed by atoms with Crippen LogP contribution in [-0.4, -0.2) is 28.1 Å². The predicted molar refractivity (Wildman–Crippen MR) is 108 cm³/mol. The Balaban J connectivity index is 1.73. The number of amides is 1. The summed E-state index contributed by atoms with van der Waals surface area (Å²) in [5.41, 5.74) is 3.31. The van der Waals surface area contributed by atoms with Gasteiger partial charge >= 0.3 is 0 Å². The van der Waals surface area contributed by atoms with Gasteiger partial charge in [0.2, 0.25) is 11.8 Å². The minimum absolute atomic E-state index is 0.214. The molecule has 0 saturated heterocycles. The Morgan fingerprint density at radius 2 is 1.86 bits per heavy atom. The Morgan fingerprint density at radius 3 is 2.62 bits per heavy atom. The summed E-state index contributed by atoms with van der Waals surface area (Å²) in [4.78, 5) is 20.9. The molecule has 0 aliphatic rings. The zero-order valence-corrected chi connectivity index (χ0v) is 15.7. The van der Waals surface area contributed by atoms with Crippen LogP contribution >= 0.6 is 0 Å². The number of nitrogens with one attached hydrogen (secondary N) is 1. The summed E-state index contributed by atoms with van der Waals surface area (Å²) in [7, 11) is 1.59. The first-order valence-electron chi connectivity index (χ1n) is 8.99. The third-order valence-corrected chi connectivity index (χ3v) is 4.35. The highest BCUT2D eigenvalue weighted by Gasteiger charge is 2.24. The molecule has 0 saturated carbocycles. The van der Waals surface area contributed by atoms with Gasteiger partial charge in [-0.3, -0.25) is 10.1 Å². The summed E-state index contributed by atoms with van der Waals surface area (Å²) in [6.45, 7) is 0. The van der Waals surface area contributed by atoms with Gasteiger partial charge < -0.3 is 9.26 Å². The lowest BCUT2D eigenvalue weighted by Crippen LogP contribution is -2.14. The van der Waals surface area contributed by atoms with Gasteiger partial charge in [-0.05, 0) is 23.8 Å². The number of carbonyl (C=O) groups is 1. The molecular formula is C22H18N4O3. The monoisotopic (exact) mass is 386 g/mol. The van der Waals surface area contributed by atoms with Gasteiger partial charge in [0.15, 0.2) is 0 Å². The molecule has 0 radical (unpaired) electrons. The van der Waals surface area contributed by atoms with E-state index in [1.807, 2.05) is 54.6 Å². The van der Waals surface area contributed by atoms with E-state index in [2.05, 4.69) is 20.4 Å². The van der Waals surface area contributed by atoms with Crippen molar-refractivity contribution < 1.29 is 14.1 Å². The molecule has 4 aromatic rings. The summed E-state index contributed by atoms with van der Waals surface area (Å²) in [5, 5.41) is 7.02. The topological polar surface area (TPSA) is 90.1 Å². The van der Waals surface area contributed by atoms with E-state index in [0.29, 0.717) is 22.7 Å². The molecule has 2 aromatic heterocycles. The van der Waals surface area contributed by atoms with Crippen molar-refractivity contribution >= 4 is 11.8 Å². The average molecular weight is 386 g/mol. The number of para-hydroxylation sites is 1. The van der Waals surface area contributed by atoms with E-state index in [9.17, 15) is 4.79 Å². The van der Waals surface area contributed by atoms with Crippen molar-refractivity contribution in [3.63, 3.8) is 0 Å². The Labute approximate surface area is 167 Å². The van der Waals surface area contributed by atoms with Crippen LogP contribution in [0.4, 0.5) is 5.88 Å². The maximum atomic E-state index is 12.6. The molecule has 0 aliphatic heterocycles. The molecule has 2 heterocycles. The second kappa shape index (κ2) is 8.35. The fourth-order valence-corrected chi connectivity index (χ4v) is 3.03. The van der Waals surface area contributed by atoms with Crippen LogP contribution < -0.4 is 10.1 Å². The second-order valence-electron chi connectivity index (χ2n) is 6.24. The first-order valence-corrected chi connectivity index (χ1v) is 8.99. The third-order valence-electron chi connectivity index (χ3n) is 4.35. The third kappa shape index (κ3) is 3.98. The number of aromatic nitrogens is 3. The van der Waals surface area contributed by atoms with Crippen LogP contribution in [0.15, 0.2) is 77.7 Å². The van der Waals surface area contributed by atoms with Crippen LogP contribution in [0.2, 0.25) is 0 Å². The van der Waals surface area contributed by atoms with Gasteiger partial charge in [0.05, 0.1) is 24.8 Å². The molecule has 0 bridgehead atoms. The highest BCUT2D eigenvalue weighted by atomic mass is 16.5. The molecule has 0 atom stereocenters. The van der Waals surface area contributed by atoms with Gasteiger partial charge in [-0.1, -0.05) is 47.6 Å². The summed E-state index contributed by atoms with van der Waals surface area (Å²) in [6.07, 6.45) is 3.27. The zero-order chi connectivity index (χ0) is 20.1. The molecule has 4 rings (SSSR count). The van der Waals surface area contributed by atoms with Gasteiger partial charge in [0.1, 0.15) is 17.8 Å². The number of hydrogen-bond acceptors (Lipinski definition) is 6. The smallest absolute Gasteiger partial charge is 0.241 e. The predicted octanol–water partition coefficient (Wildman–Crippen LogP) is 3.99. The lowest BCUT2D eigenvalue weighted by atomic mass is 10.0. The van der Waals surface area contributed by atoms with Crippen molar-refractivity contribution in [1.82, 2.24) is 15.1 Å². The summed E-state index contributed by atoms with van der Waals surface area (Å²) in [6, 6.07) is 18.7. The lowest BCUT2D eigenvalue weighted by Gasteiger charge is -2.08.